The van der Waals surface area contributed by atoms with Gasteiger partial charge in [-0.25, -0.2) is 8.42 Å². The van der Waals surface area contributed by atoms with Crippen molar-refractivity contribution in [1.29, 1.82) is 0 Å². The first-order valence-corrected chi connectivity index (χ1v) is 10.7. The normalized spacial score (nSPS) is 11.5. The largest absolute Gasteiger partial charge is 0.496 e. The van der Waals surface area contributed by atoms with E-state index < -0.39 is 15.9 Å². The van der Waals surface area contributed by atoms with Gasteiger partial charge in [-0.05, 0) is 48.4 Å². The Hall–Kier alpha value is -1.80. The fraction of sp³-hybridized carbons (Fsp3) is 0.316. The number of ether oxygens (including phenoxy) is 1. The van der Waals surface area contributed by atoms with Crippen LogP contribution in [0.2, 0.25) is 10.0 Å². The summed E-state index contributed by atoms with van der Waals surface area (Å²) in [7, 11) is -2.30. The van der Waals surface area contributed by atoms with Gasteiger partial charge in [0.2, 0.25) is 15.9 Å². The van der Waals surface area contributed by atoms with Gasteiger partial charge >= 0.3 is 0 Å². The number of hydrogen-bond donors (Lipinski definition) is 1. The maximum atomic E-state index is 12.9. The van der Waals surface area contributed by atoms with E-state index in [2.05, 4.69) is 5.32 Å². The summed E-state index contributed by atoms with van der Waals surface area (Å²) in [5, 5.41) is 3.61. The fourth-order valence-electron chi connectivity index (χ4n) is 2.60. The van der Waals surface area contributed by atoms with Crippen molar-refractivity contribution in [2.45, 2.75) is 25.3 Å². The lowest BCUT2D eigenvalue weighted by Gasteiger charge is -2.20. The van der Waals surface area contributed by atoms with E-state index in [1.165, 1.54) is 19.2 Å². The minimum absolute atomic E-state index is 0.112. The molecule has 1 amide bonds. The van der Waals surface area contributed by atoms with Gasteiger partial charge in [0, 0.05) is 23.1 Å². The average Bonchev–Trinajstić information content (AvgIpc) is 2.65. The molecule has 0 aliphatic rings. The number of aryl methyl sites for hydroxylation is 1. The molecule has 0 aromatic heterocycles. The zero-order valence-electron chi connectivity index (χ0n) is 15.8. The zero-order valence-corrected chi connectivity index (χ0v) is 18.2. The Kier molecular flexibility index (Phi) is 7.71. The van der Waals surface area contributed by atoms with Crippen LogP contribution < -0.4 is 10.1 Å². The van der Waals surface area contributed by atoms with Crippen LogP contribution in [0.15, 0.2) is 41.3 Å². The smallest absolute Gasteiger partial charge is 0.243 e. The summed E-state index contributed by atoms with van der Waals surface area (Å²) < 4.78 is 32.1. The van der Waals surface area contributed by atoms with Crippen molar-refractivity contribution in [3.05, 3.63) is 57.6 Å². The number of halogens is 2. The standard InChI is InChI=1S/C19H22Cl2N2O4S/c1-4-23(28(25,26)16-7-8-18(27-3)13(2)9-16)12-19(24)22-11-14-5-6-15(20)10-17(14)21/h5-10H,4,11-12H2,1-3H3,(H,22,24). The van der Waals surface area contributed by atoms with Crippen LogP contribution >= 0.6 is 23.2 Å². The Labute approximate surface area is 175 Å². The highest BCUT2D eigenvalue weighted by atomic mass is 35.5. The van der Waals surface area contributed by atoms with Gasteiger partial charge in [-0.3, -0.25) is 4.79 Å². The Balaban J connectivity index is 2.09. The summed E-state index contributed by atoms with van der Waals surface area (Å²) >= 11 is 11.9. The first-order valence-electron chi connectivity index (χ1n) is 8.54. The van der Waals surface area contributed by atoms with Gasteiger partial charge in [0.25, 0.3) is 0 Å². The van der Waals surface area contributed by atoms with Crippen LogP contribution in [0.3, 0.4) is 0 Å². The molecule has 0 aliphatic heterocycles. The van der Waals surface area contributed by atoms with E-state index in [9.17, 15) is 13.2 Å². The number of nitrogens with one attached hydrogen (secondary N) is 1. The number of likely N-dealkylation sites (N-methyl/N-ethyl adjacent to an activating group) is 1. The Morgan fingerprint density at radius 3 is 2.46 bits per heavy atom. The second-order valence-electron chi connectivity index (χ2n) is 6.08. The van der Waals surface area contributed by atoms with E-state index >= 15 is 0 Å². The molecule has 0 unspecified atom stereocenters. The van der Waals surface area contributed by atoms with E-state index in [1.54, 1.807) is 38.1 Å². The molecule has 2 aromatic carbocycles. The zero-order chi connectivity index (χ0) is 20.9. The molecule has 0 heterocycles. The van der Waals surface area contributed by atoms with E-state index in [0.29, 0.717) is 26.9 Å². The number of sulfonamides is 1. The van der Waals surface area contributed by atoms with E-state index in [4.69, 9.17) is 27.9 Å². The molecule has 0 atom stereocenters. The topological polar surface area (TPSA) is 75.7 Å². The van der Waals surface area contributed by atoms with Crippen molar-refractivity contribution in [2.75, 3.05) is 20.2 Å². The van der Waals surface area contributed by atoms with Gasteiger partial charge in [-0.2, -0.15) is 4.31 Å². The minimum atomic E-state index is -3.82. The molecule has 0 spiro atoms. The number of nitrogens with zero attached hydrogens (tertiary/aromatic N) is 1. The summed E-state index contributed by atoms with van der Waals surface area (Å²) in [6, 6.07) is 9.55. The van der Waals surface area contributed by atoms with Crippen LogP contribution in [0.5, 0.6) is 5.75 Å². The molecule has 0 saturated heterocycles. The summed E-state index contributed by atoms with van der Waals surface area (Å²) in [6.07, 6.45) is 0. The molecular weight excluding hydrogens is 423 g/mol. The summed E-state index contributed by atoms with van der Waals surface area (Å²) in [5.74, 6) is 0.168. The van der Waals surface area contributed by atoms with Gasteiger partial charge in [-0.15, -0.1) is 0 Å². The van der Waals surface area contributed by atoms with Crippen LogP contribution in [-0.4, -0.2) is 38.8 Å². The molecule has 0 fully saturated rings. The lowest BCUT2D eigenvalue weighted by Crippen LogP contribution is -2.40. The molecule has 0 saturated carbocycles. The number of methoxy groups -OCH3 is 1. The van der Waals surface area contributed by atoms with Gasteiger partial charge < -0.3 is 10.1 Å². The van der Waals surface area contributed by atoms with Crippen molar-refractivity contribution in [1.82, 2.24) is 9.62 Å². The van der Waals surface area contributed by atoms with Gasteiger partial charge in [0.15, 0.2) is 0 Å². The molecular formula is C19H22Cl2N2O4S. The number of carbonyl (C=O) groups excluding carboxylic acids is 1. The highest BCUT2D eigenvalue weighted by Gasteiger charge is 2.25. The number of benzene rings is 2. The molecule has 1 N–H and O–H groups in total. The number of amides is 1. The first kappa shape index (κ1) is 22.5. The summed E-state index contributed by atoms with van der Waals surface area (Å²) in [6.45, 7) is 3.47. The monoisotopic (exact) mass is 444 g/mol. The van der Waals surface area contributed by atoms with Crippen molar-refractivity contribution in [2.24, 2.45) is 0 Å². The second kappa shape index (κ2) is 9.60. The molecule has 28 heavy (non-hydrogen) atoms. The van der Waals surface area contributed by atoms with Crippen LogP contribution in [0.1, 0.15) is 18.1 Å². The molecule has 0 aliphatic carbocycles. The van der Waals surface area contributed by atoms with Crippen molar-refractivity contribution in [3.63, 3.8) is 0 Å². The molecule has 0 radical (unpaired) electrons. The van der Waals surface area contributed by atoms with Crippen molar-refractivity contribution in [3.8, 4) is 5.75 Å². The molecule has 2 rings (SSSR count). The third kappa shape index (κ3) is 5.38. The first-order chi connectivity index (χ1) is 13.2. The van der Waals surface area contributed by atoms with Gasteiger partial charge in [-0.1, -0.05) is 36.2 Å². The summed E-state index contributed by atoms with van der Waals surface area (Å²) in [5.41, 5.74) is 1.39. The van der Waals surface area contributed by atoms with Crippen LogP contribution in [0, 0.1) is 6.92 Å². The predicted octanol–water partition coefficient (Wildman–Crippen LogP) is 3.64. The number of rotatable bonds is 8. The maximum Gasteiger partial charge on any atom is 0.243 e. The van der Waals surface area contributed by atoms with Crippen molar-refractivity contribution < 1.29 is 17.9 Å². The average molecular weight is 445 g/mol. The number of hydrogen-bond acceptors (Lipinski definition) is 4. The van der Waals surface area contributed by atoms with Gasteiger partial charge in [0.05, 0.1) is 18.6 Å². The Morgan fingerprint density at radius 2 is 1.89 bits per heavy atom. The third-order valence-electron chi connectivity index (χ3n) is 4.17. The molecule has 9 heteroatoms. The SMILES string of the molecule is CCN(CC(=O)NCc1ccc(Cl)cc1Cl)S(=O)(=O)c1ccc(OC)c(C)c1. The van der Waals surface area contributed by atoms with Crippen LogP contribution in [0.25, 0.3) is 0 Å². The lowest BCUT2D eigenvalue weighted by molar-refractivity contribution is -0.121. The van der Waals surface area contributed by atoms with E-state index in [-0.39, 0.29) is 24.5 Å². The molecule has 6 nitrogen and oxygen atoms in total. The van der Waals surface area contributed by atoms with Crippen LogP contribution in [0.4, 0.5) is 0 Å². The highest BCUT2D eigenvalue weighted by molar-refractivity contribution is 7.89. The maximum absolute atomic E-state index is 12.9. The predicted molar refractivity (Wildman–Crippen MR) is 110 cm³/mol. The third-order valence-corrected chi connectivity index (χ3v) is 6.67. The second-order valence-corrected chi connectivity index (χ2v) is 8.86. The molecule has 2 aromatic rings. The summed E-state index contributed by atoms with van der Waals surface area (Å²) in [4.78, 5) is 12.4. The molecule has 0 bridgehead atoms. The van der Waals surface area contributed by atoms with E-state index in [1.807, 2.05) is 0 Å². The fourth-order valence-corrected chi connectivity index (χ4v) is 4.57. The Bertz CT molecular complexity index is 964. The van der Waals surface area contributed by atoms with Gasteiger partial charge in [0.1, 0.15) is 5.75 Å². The number of carbonyl (C=O) groups is 1. The quantitative estimate of drug-likeness (QED) is 0.673. The Morgan fingerprint density at radius 1 is 1.18 bits per heavy atom. The van der Waals surface area contributed by atoms with Crippen LogP contribution in [-0.2, 0) is 21.4 Å². The molecule has 152 valence electrons. The lowest BCUT2D eigenvalue weighted by atomic mass is 10.2. The minimum Gasteiger partial charge on any atom is -0.496 e. The van der Waals surface area contributed by atoms with Crippen molar-refractivity contribution >= 4 is 39.1 Å². The highest BCUT2D eigenvalue weighted by Crippen LogP contribution is 2.24. The van der Waals surface area contributed by atoms with E-state index in [0.717, 1.165) is 4.31 Å².